The minimum absolute atomic E-state index is 0.215. The van der Waals surface area contributed by atoms with Crippen molar-refractivity contribution < 1.29 is 13.9 Å². The third-order valence-electron chi connectivity index (χ3n) is 1.79. The Kier molecular flexibility index (Phi) is 3.45. The highest BCUT2D eigenvalue weighted by molar-refractivity contribution is 5.92. The molecule has 0 atom stereocenters. The number of nitrogens with two attached hydrogens (primary N) is 1. The number of rotatable bonds is 3. The quantitative estimate of drug-likeness (QED) is 0.592. The molecule has 0 saturated carbocycles. The fourth-order valence-electron chi connectivity index (χ4n) is 1.07. The van der Waals surface area contributed by atoms with Crippen LogP contribution in [0.15, 0.2) is 18.2 Å². The fraction of sp³-hybridized carbons (Fsp3) is 0.300. The topological polar surface area (TPSA) is 52.3 Å². The number of anilines is 1. The largest absolute Gasteiger partial charge is 0.459 e. The smallest absolute Gasteiger partial charge is 0.338 e. The number of aryl methyl sites for hydroxylation is 1. The lowest BCUT2D eigenvalue weighted by Gasteiger charge is -2.06. The Bertz CT molecular complexity index is 339. The Morgan fingerprint density at radius 2 is 2.29 bits per heavy atom. The lowest BCUT2D eigenvalue weighted by atomic mass is 10.1. The average molecular weight is 197 g/mol. The SMILES string of the molecule is Cc1ccc(N)cc1C(=O)OCCF. The standard InChI is InChI=1S/C10H12FNO2/c1-7-2-3-8(12)6-9(7)10(13)14-5-4-11/h2-3,6H,4-5,12H2,1H3. The van der Waals surface area contributed by atoms with Gasteiger partial charge in [-0.05, 0) is 24.6 Å². The molecule has 0 bridgehead atoms. The molecule has 0 radical (unpaired) electrons. The van der Waals surface area contributed by atoms with Crippen molar-refractivity contribution in [3.63, 3.8) is 0 Å². The summed E-state index contributed by atoms with van der Waals surface area (Å²) in [6.45, 7) is 0.881. The molecule has 0 aliphatic carbocycles. The van der Waals surface area contributed by atoms with E-state index in [9.17, 15) is 9.18 Å². The Labute approximate surface area is 81.7 Å². The normalized spacial score (nSPS) is 9.86. The van der Waals surface area contributed by atoms with E-state index in [0.29, 0.717) is 11.3 Å². The van der Waals surface area contributed by atoms with E-state index in [0.717, 1.165) is 5.56 Å². The molecule has 0 spiro atoms. The summed E-state index contributed by atoms with van der Waals surface area (Å²) in [6, 6.07) is 4.94. The maximum absolute atomic E-state index is 11.7. The third kappa shape index (κ3) is 2.45. The van der Waals surface area contributed by atoms with Gasteiger partial charge in [-0.3, -0.25) is 0 Å². The van der Waals surface area contributed by atoms with Crippen molar-refractivity contribution in [1.82, 2.24) is 0 Å². The van der Waals surface area contributed by atoms with E-state index in [2.05, 4.69) is 4.74 Å². The van der Waals surface area contributed by atoms with Gasteiger partial charge in [-0.15, -0.1) is 0 Å². The van der Waals surface area contributed by atoms with E-state index in [1.807, 2.05) is 0 Å². The highest BCUT2D eigenvalue weighted by atomic mass is 19.1. The van der Waals surface area contributed by atoms with Crippen LogP contribution < -0.4 is 5.73 Å². The van der Waals surface area contributed by atoms with Crippen molar-refractivity contribution in [2.45, 2.75) is 6.92 Å². The fourth-order valence-corrected chi connectivity index (χ4v) is 1.07. The number of halogens is 1. The molecule has 76 valence electrons. The maximum Gasteiger partial charge on any atom is 0.338 e. The summed E-state index contributed by atoms with van der Waals surface area (Å²) in [5.74, 6) is -0.535. The van der Waals surface area contributed by atoms with Gasteiger partial charge < -0.3 is 10.5 Å². The zero-order valence-electron chi connectivity index (χ0n) is 7.92. The maximum atomic E-state index is 11.7. The number of esters is 1. The van der Waals surface area contributed by atoms with E-state index in [-0.39, 0.29) is 6.61 Å². The van der Waals surface area contributed by atoms with E-state index < -0.39 is 12.6 Å². The Morgan fingerprint density at radius 1 is 1.57 bits per heavy atom. The number of benzene rings is 1. The van der Waals surface area contributed by atoms with Crippen molar-refractivity contribution in [2.24, 2.45) is 0 Å². The van der Waals surface area contributed by atoms with Crippen LogP contribution in [0.1, 0.15) is 15.9 Å². The summed E-state index contributed by atoms with van der Waals surface area (Å²) in [5.41, 5.74) is 7.15. The second-order valence-corrected chi connectivity index (χ2v) is 2.90. The number of ether oxygens (including phenoxy) is 1. The number of carbonyl (C=O) groups excluding carboxylic acids is 1. The molecule has 0 fully saturated rings. The van der Waals surface area contributed by atoms with Gasteiger partial charge in [0.1, 0.15) is 13.3 Å². The summed E-state index contributed by atoms with van der Waals surface area (Å²) in [5, 5.41) is 0. The van der Waals surface area contributed by atoms with Gasteiger partial charge in [0, 0.05) is 5.69 Å². The van der Waals surface area contributed by atoms with Crippen molar-refractivity contribution in [1.29, 1.82) is 0 Å². The van der Waals surface area contributed by atoms with Crippen LogP contribution in [0.2, 0.25) is 0 Å². The number of carbonyl (C=O) groups is 1. The zero-order valence-corrected chi connectivity index (χ0v) is 7.92. The zero-order chi connectivity index (χ0) is 10.6. The van der Waals surface area contributed by atoms with Crippen molar-refractivity contribution >= 4 is 11.7 Å². The molecule has 0 saturated heterocycles. The van der Waals surface area contributed by atoms with Crippen LogP contribution in [0.4, 0.5) is 10.1 Å². The highest BCUT2D eigenvalue weighted by Gasteiger charge is 2.10. The van der Waals surface area contributed by atoms with Gasteiger partial charge in [0.25, 0.3) is 0 Å². The Hall–Kier alpha value is -1.58. The number of hydrogen-bond acceptors (Lipinski definition) is 3. The molecule has 2 N–H and O–H groups in total. The molecule has 0 heterocycles. The molecule has 4 heteroatoms. The van der Waals surface area contributed by atoms with Crippen molar-refractivity contribution in [2.75, 3.05) is 19.0 Å². The lowest BCUT2D eigenvalue weighted by molar-refractivity contribution is 0.0480. The summed E-state index contributed by atoms with van der Waals surface area (Å²) < 4.78 is 16.4. The molecule has 1 aromatic rings. The van der Waals surface area contributed by atoms with E-state index >= 15 is 0 Å². The van der Waals surface area contributed by atoms with Crippen LogP contribution in [-0.4, -0.2) is 19.3 Å². The molecule has 1 aromatic carbocycles. The average Bonchev–Trinajstić information content (AvgIpc) is 2.18. The number of hydrogen-bond donors (Lipinski definition) is 1. The van der Waals surface area contributed by atoms with Gasteiger partial charge in [0.2, 0.25) is 0 Å². The van der Waals surface area contributed by atoms with Crippen LogP contribution in [0.3, 0.4) is 0 Å². The monoisotopic (exact) mass is 197 g/mol. The highest BCUT2D eigenvalue weighted by Crippen LogP contribution is 2.13. The first kappa shape index (κ1) is 10.5. The molecule has 14 heavy (non-hydrogen) atoms. The predicted octanol–water partition coefficient (Wildman–Crippen LogP) is 1.70. The molecule has 0 amide bonds. The second-order valence-electron chi connectivity index (χ2n) is 2.90. The van der Waals surface area contributed by atoms with Crippen LogP contribution in [0.25, 0.3) is 0 Å². The molecular formula is C10H12FNO2. The minimum Gasteiger partial charge on any atom is -0.459 e. The molecule has 0 aliphatic rings. The van der Waals surface area contributed by atoms with Crippen molar-refractivity contribution in [3.05, 3.63) is 29.3 Å². The molecule has 0 unspecified atom stereocenters. The van der Waals surface area contributed by atoms with Gasteiger partial charge in [0.15, 0.2) is 0 Å². The molecular weight excluding hydrogens is 185 g/mol. The number of alkyl halides is 1. The van der Waals surface area contributed by atoms with Crippen molar-refractivity contribution in [3.8, 4) is 0 Å². The van der Waals surface area contributed by atoms with E-state index in [4.69, 9.17) is 5.73 Å². The third-order valence-corrected chi connectivity index (χ3v) is 1.79. The van der Waals surface area contributed by atoms with Gasteiger partial charge in [-0.1, -0.05) is 6.07 Å². The van der Waals surface area contributed by atoms with Crippen LogP contribution in [0, 0.1) is 6.92 Å². The van der Waals surface area contributed by atoms with E-state index in [1.165, 1.54) is 6.07 Å². The van der Waals surface area contributed by atoms with Crippen LogP contribution >= 0.6 is 0 Å². The first-order chi connectivity index (χ1) is 6.65. The first-order valence-corrected chi connectivity index (χ1v) is 4.24. The lowest BCUT2D eigenvalue weighted by Crippen LogP contribution is -2.09. The molecule has 0 aromatic heterocycles. The van der Waals surface area contributed by atoms with Gasteiger partial charge in [0.05, 0.1) is 5.56 Å². The van der Waals surface area contributed by atoms with Gasteiger partial charge >= 0.3 is 5.97 Å². The second kappa shape index (κ2) is 4.60. The Balaban J connectivity index is 2.83. The van der Waals surface area contributed by atoms with Gasteiger partial charge in [-0.2, -0.15) is 0 Å². The van der Waals surface area contributed by atoms with Gasteiger partial charge in [-0.25, -0.2) is 9.18 Å². The summed E-state index contributed by atoms with van der Waals surface area (Å²) in [6.07, 6.45) is 0. The Morgan fingerprint density at radius 3 is 2.93 bits per heavy atom. The molecule has 3 nitrogen and oxygen atoms in total. The van der Waals surface area contributed by atoms with Crippen LogP contribution in [-0.2, 0) is 4.74 Å². The summed E-state index contributed by atoms with van der Waals surface area (Å²) in [4.78, 5) is 11.3. The predicted molar refractivity (Wildman–Crippen MR) is 51.8 cm³/mol. The first-order valence-electron chi connectivity index (χ1n) is 4.24. The molecule has 0 aliphatic heterocycles. The summed E-state index contributed by atoms with van der Waals surface area (Å²) in [7, 11) is 0. The van der Waals surface area contributed by atoms with Crippen LogP contribution in [0.5, 0.6) is 0 Å². The summed E-state index contributed by atoms with van der Waals surface area (Å²) >= 11 is 0. The number of nitrogen functional groups attached to an aromatic ring is 1. The minimum atomic E-state index is -0.674. The van der Waals surface area contributed by atoms with E-state index in [1.54, 1.807) is 19.1 Å². The molecule has 1 rings (SSSR count).